The SMILES string of the molecule is Nc1c(S(=O)C2CCC2)sc2nc(-c3cncnc3)cc(-c3ccc(C4COC4)cc3)c12. The summed E-state index contributed by atoms with van der Waals surface area (Å²) in [5.41, 5.74) is 12.2. The largest absolute Gasteiger partial charge is 0.396 e. The smallest absolute Gasteiger partial charge is 0.127 e. The third-order valence-corrected chi connectivity index (χ3v) is 9.69. The van der Waals surface area contributed by atoms with Gasteiger partial charge in [-0.3, -0.25) is 4.21 Å². The lowest BCUT2D eigenvalue weighted by Gasteiger charge is -2.26. The minimum atomic E-state index is -1.09. The molecule has 1 aliphatic carbocycles. The van der Waals surface area contributed by atoms with Crippen molar-refractivity contribution in [2.24, 2.45) is 0 Å². The minimum absolute atomic E-state index is 0.208. The molecule has 8 heteroatoms. The van der Waals surface area contributed by atoms with Crippen molar-refractivity contribution >= 4 is 38.0 Å². The topological polar surface area (TPSA) is 91.0 Å². The maximum Gasteiger partial charge on any atom is 0.127 e. The summed E-state index contributed by atoms with van der Waals surface area (Å²) in [6, 6.07) is 10.6. The molecule has 1 atom stereocenters. The van der Waals surface area contributed by atoms with Gasteiger partial charge in [0.2, 0.25) is 0 Å². The third kappa shape index (κ3) is 3.34. The second kappa shape index (κ2) is 8.03. The Kier molecular flexibility index (Phi) is 5.01. The van der Waals surface area contributed by atoms with Gasteiger partial charge in [-0.05, 0) is 35.6 Å². The van der Waals surface area contributed by atoms with E-state index in [1.807, 2.05) is 6.07 Å². The molecule has 3 aromatic heterocycles. The molecule has 1 saturated carbocycles. The van der Waals surface area contributed by atoms with Gasteiger partial charge < -0.3 is 10.5 Å². The molecular weight excluding hydrogens is 440 g/mol. The van der Waals surface area contributed by atoms with Gasteiger partial charge >= 0.3 is 0 Å². The van der Waals surface area contributed by atoms with Gasteiger partial charge in [-0.2, -0.15) is 0 Å². The van der Waals surface area contributed by atoms with E-state index in [9.17, 15) is 4.21 Å². The van der Waals surface area contributed by atoms with Crippen LogP contribution in [0.25, 0.3) is 32.6 Å². The van der Waals surface area contributed by atoms with Crippen LogP contribution in [-0.2, 0) is 15.5 Å². The minimum Gasteiger partial charge on any atom is -0.396 e. The summed E-state index contributed by atoms with van der Waals surface area (Å²) in [5.74, 6) is 0.473. The molecule has 4 heterocycles. The number of aromatic nitrogens is 3. The molecule has 0 amide bonds. The molecule has 2 aliphatic rings. The van der Waals surface area contributed by atoms with Gasteiger partial charge in [0.05, 0.1) is 35.4 Å². The monoisotopic (exact) mass is 462 g/mol. The quantitative estimate of drug-likeness (QED) is 0.459. The molecule has 1 unspecified atom stereocenters. The second-order valence-corrected chi connectivity index (χ2v) is 11.3. The molecule has 6 nitrogen and oxygen atoms in total. The Morgan fingerprint density at radius 2 is 1.81 bits per heavy atom. The van der Waals surface area contributed by atoms with Crippen LogP contribution in [0, 0.1) is 0 Å². The first kappa shape index (κ1) is 20.0. The van der Waals surface area contributed by atoms with Crippen molar-refractivity contribution in [1.82, 2.24) is 15.0 Å². The first-order valence-electron chi connectivity index (χ1n) is 10.8. The van der Waals surface area contributed by atoms with E-state index in [-0.39, 0.29) is 5.25 Å². The predicted molar refractivity (Wildman–Crippen MR) is 128 cm³/mol. The molecule has 6 rings (SSSR count). The van der Waals surface area contributed by atoms with Crippen molar-refractivity contribution in [2.45, 2.75) is 34.6 Å². The Morgan fingerprint density at radius 3 is 2.44 bits per heavy atom. The van der Waals surface area contributed by atoms with Gasteiger partial charge in [-0.15, -0.1) is 11.3 Å². The Bertz CT molecular complexity index is 1310. The normalized spacial score (nSPS) is 17.8. The first-order chi connectivity index (χ1) is 15.7. The standard InChI is InChI=1S/C24H22N4O2S2/c25-22-21-19(15-6-4-14(5-7-15)17-11-30-12-17)8-20(16-9-26-13-27-10-16)28-23(21)31-24(22)32(29)18-2-1-3-18/h4-10,13,17-18H,1-3,11-12,25H2. The van der Waals surface area contributed by atoms with Crippen LogP contribution in [0.2, 0.25) is 0 Å². The zero-order chi connectivity index (χ0) is 21.7. The fourth-order valence-electron chi connectivity index (χ4n) is 4.16. The average molecular weight is 463 g/mol. The van der Waals surface area contributed by atoms with E-state index in [0.717, 1.165) is 69.3 Å². The summed E-state index contributed by atoms with van der Waals surface area (Å²) < 4.78 is 19.3. The van der Waals surface area contributed by atoms with Gasteiger partial charge in [0, 0.05) is 34.5 Å². The van der Waals surface area contributed by atoms with Crippen LogP contribution in [0.15, 0.2) is 53.3 Å². The van der Waals surface area contributed by atoms with Crippen LogP contribution in [0.5, 0.6) is 0 Å². The number of hydrogen-bond acceptors (Lipinski definition) is 7. The Hall–Kier alpha value is -2.68. The average Bonchev–Trinajstić information content (AvgIpc) is 3.08. The molecule has 1 saturated heterocycles. The Balaban J connectivity index is 1.52. The summed E-state index contributed by atoms with van der Waals surface area (Å²) in [6.07, 6.45) is 8.17. The highest BCUT2D eigenvalue weighted by atomic mass is 32.2. The number of nitrogens with zero attached hydrogens (tertiary/aromatic N) is 3. The van der Waals surface area contributed by atoms with Crippen LogP contribution in [0.3, 0.4) is 0 Å². The highest BCUT2D eigenvalue weighted by Gasteiger charge is 2.29. The van der Waals surface area contributed by atoms with E-state index in [0.29, 0.717) is 11.6 Å². The predicted octanol–water partition coefficient (Wildman–Crippen LogP) is 4.78. The van der Waals surface area contributed by atoms with Crippen molar-refractivity contribution < 1.29 is 8.95 Å². The number of benzene rings is 1. The number of nitrogen functional groups attached to an aromatic ring is 1. The number of ether oxygens (including phenoxy) is 1. The van der Waals surface area contributed by atoms with E-state index in [4.69, 9.17) is 15.5 Å². The number of thiophene rings is 1. The molecule has 32 heavy (non-hydrogen) atoms. The van der Waals surface area contributed by atoms with E-state index in [1.54, 1.807) is 12.4 Å². The summed E-state index contributed by atoms with van der Waals surface area (Å²) in [7, 11) is -1.09. The Morgan fingerprint density at radius 1 is 1.06 bits per heavy atom. The van der Waals surface area contributed by atoms with Crippen molar-refractivity contribution in [3.8, 4) is 22.4 Å². The molecule has 162 valence electrons. The fourth-order valence-corrected chi connectivity index (χ4v) is 7.37. The lowest BCUT2D eigenvalue weighted by molar-refractivity contribution is 0.00843. The highest BCUT2D eigenvalue weighted by molar-refractivity contribution is 7.88. The summed E-state index contributed by atoms with van der Waals surface area (Å²) in [6.45, 7) is 1.57. The van der Waals surface area contributed by atoms with Gasteiger partial charge in [-0.1, -0.05) is 30.7 Å². The number of fused-ring (bicyclic) bond motifs is 1. The van der Waals surface area contributed by atoms with Gasteiger partial charge in [-0.25, -0.2) is 15.0 Å². The Labute approximate surface area is 192 Å². The van der Waals surface area contributed by atoms with Crippen LogP contribution in [0.1, 0.15) is 30.7 Å². The fraction of sp³-hybridized carbons (Fsp3) is 0.292. The van der Waals surface area contributed by atoms with Crippen molar-refractivity contribution in [1.29, 1.82) is 0 Å². The molecule has 1 aromatic carbocycles. The molecule has 0 radical (unpaired) electrons. The van der Waals surface area contributed by atoms with E-state index >= 15 is 0 Å². The molecule has 4 aromatic rings. The zero-order valence-corrected chi connectivity index (χ0v) is 19.0. The van der Waals surface area contributed by atoms with Gasteiger partial charge in [0.15, 0.2) is 0 Å². The van der Waals surface area contributed by atoms with E-state index < -0.39 is 10.8 Å². The van der Waals surface area contributed by atoms with Crippen molar-refractivity contribution in [3.63, 3.8) is 0 Å². The van der Waals surface area contributed by atoms with Crippen LogP contribution in [-0.4, -0.2) is 37.6 Å². The number of hydrogen-bond donors (Lipinski definition) is 1. The second-order valence-electron chi connectivity index (χ2n) is 8.37. The molecule has 0 spiro atoms. The molecule has 1 aliphatic heterocycles. The van der Waals surface area contributed by atoms with Crippen LogP contribution >= 0.6 is 11.3 Å². The first-order valence-corrected chi connectivity index (χ1v) is 12.8. The van der Waals surface area contributed by atoms with E-state index in [2.05, 4.69) is 34.2 Å². The van der Waals surface area contributed by atoms with Gasteiger partial charge in [0.25, 0.3) is 0 Å². The molecular formula is C24H22N4O2S2. The molecule has 2 fully saturated rings. The number of nitrogens with two attached hydrogens (primary N) is 1. The highest BCUT2D eigenvalue weighted by Crippen LogP contribution is 2.44. The van der Waals surface area contributed by atoms with Crippen LogP contribution < -0.4 is 5.73 Å². The van der Waals surface area contributed by atoms with E-state index in [1.165, 1.54) is 23.2 Å². The zero-order valence-electron chi connectivity index (χ0n) is 17.4. The summed E-state index contributed by atoms with van der Waals surface area (Å²) >= 11 is 1.45. The number of rotatable bonds is 5. The van der Waals surface area contributed by atoms with Crippen LogP contribution in [0.4, 0.5) is 5.69 Å². The number of anilines is 1. The van der Waals surface area contributed by atoms with Crippen molar-refractivity contribution in [2.75, 3.05) is 18.9 Å². The third-order valence-electron chi connectivity index (χ3n) is 6.39. The summed E-state index contributed by atoms with van der Waals surface area (Å²) in [4.78, 5) is 14.0. The maximum atomic E-state index is 13.2. The molecule has 2 N–H and O–H groups in total. The lowest BCUT2D eigenvalue weighted by atomic mass is 9.94. The summed E-state index contributed by atoms with van der Waals surface area (Å²) in [5, 5.41) is 1.10. The lowest BCUT2D eigenvalue weighted by Crippen LogP contribution is -2.24. The number of pyridine rings is 1. The molecule has 0 bridgehead atoms. The van der Waals surface area contributed by atoms with Crippen molar-refractivity contribution in [3.05, 3.63) is 54.6 Å². The maximum absolute atomic E-state index is 13.2. The van der Waals surface area contributed by atoms with Gasteiger partial charge in [0.1, 0.15) is 15.4 Å².